The maximum Gasteiger partial charge on any atom is 1.00 e. The first-order valence-corrected chi connectivity index (χ1v) is 18.3. The minimum Gasteiger partial charge on any atom is -1.00 e. The molecule has 2 saturated heterocycles. The Morgan fingerprint density at radius 1 is 0.836 bits per heavy atom. The maximum absolute atomic E-state index is 12.8. The van der Waals surface area contributed by atoms with E-state index in [0.717, 1.165) is 20.7 Å². The van der Waals surface area contributed by atoms with E-state index in [1.165, 1.54) is 0 Å². The van der Waals surface area contributed by atoms with Gasteiger partial charge in [0, 0.05) is 37.1 Å². The molecular formula is C35H41ClCs2N10O13. The molecule has 318 valence electrons. The van der Waals surface area contributed by atoms with Gasteiger partial charge >= 0.3 is 150 Å². The first-order chi connectivity index (χ1) is 28.2. The van der Waals surface area contributed by atoms with E-state index in [4.69, 9.17) is 37.9 Å². The van der Waals surface area contributed by atoms with Crippen molar-refractivity contribution in [1.29, 1.82) is 0 Å². The second kappa shape index (κ2) is 28.8. The van der Waals surface area contributed by atoms with Crippen molar-refractivity contribution in [3.8, 4) is 0 Å². The van der Waals surface area contributed by atoms with Crippen molar-refractivity contribution in [2.75, 3.05) is 24.3 Å². The third-order valence-corrected chi connectivity index (χ3v) is 8.40. The van der Waals surface area contributed by atoms with Gasteiger partial charge < -0.3 is 32.5 Å². The number of carbonyl (C=O) groups excluding carboxylic acids is 7. The molecule has 0 saturated carbocycles. The molecule has 0 aliphatic carbocycles. The average molecular weight is 1110 g/mol. The molecule has 2 unspecified atom stereocenters. The number of carbonyl (C=O) groups is 7. The molecule has 0 spiro atoms. The average Bonchev–Trinajstić information content (AvgIpc) is 3.20. The van der Waals surface area contributed by atoms with Gasteiger partial charge in [0.15, 0.2) is 12.8 Å². The minimum atomic E-state index is -1.02. The van der Waals surface area contributed by atoms with E-state index in [9.17, 15) is 38.4 Å². The molecule has 23 nitrogen and oxygen atoms in total. The molecule has 61 heavy (non-hydrogen) atoms. The van der Waals surface area contributed by atoms with Gasteiger partial charge in [0.05, 0.1) is 10.8 Å². The number of piperidine rings is 2. The maximum atomic E-state index is 12.8. The van der Waals surface area contributed by atoms with Crippen molar-refractivity contribution in [2.24, 2.45) is 0 Å². The van der Waals surface area contributed by atoms with Crippen molar-refractivity contribution in [3.05, 3.63) is 57.1 Å². The number of anilines is 2. The van der Waals surface area contributed by atoms with Crippen molar-refractivity contribution < 1.29 is 192 Å². The van der Waals surface area contributed by atoms with Gasteiger partial charge in [0.25, 0.3) is 29.4 Å². The third-order valence-electron chi connectivity index (χ3n) is 8.29. The first kappa shape index (κ1) is 56.2. The van der Waals surface area contributed by atoms with Crippen molar-refractivity contribution in [2.45, 2.75) is 77.3 Å². The summed E-state index contributed by atoms with van der Waals surface area (Å²) in [5.74, 6) is -2.76. The molecule has 2 fully saturated rings. The van der Waals surface area contributed by atoms with Gasteiger partial charge in [-0.3, -0.25) is 48.5 Å². The zero-order chi connectivity index (χ0) is 43.6. The number of likely N-dealkylation sites (tertiary alicyclic amines) is 1. The van der Waals surface area contributed by atoms with E-state index >= 15 is 0 Å². The van der Waals surface area contributed by atoms with Gasteiger partial charge in [-0.2, -0.15) is 9.36 Å². The number of esters is 2. The van der Waals surface area contributed by atoms with Crippen LogP contribution in [0.15, 0.2) is 46.0 Å². The Hall–Kier alpha value is -2.78. The number of nitrogens with two attached hydrogens (primary N) is 2. The normalized spacial score (nSPS) is 15.4. The summed E-state index contributed by atoms with van der Waals surface area (Å²) in [5.41, 5.74) is 11.8. The number of halogens is 1. The molecule has 6 rings (SSSR count). The summed E-state index contributed by atoms with van der Waals surface area (Å²) in [6.07, 6.45) is 2.55. The number of alkyl halides is 1. The van der Waals surface area contributed by atoms with Crippen LogP contribution in [-0.2, 0) is 47.9 Å². The van der Waals surface area contributed by atoms with Gasteiger partial charge in [-0.25, -0.2) is 4.90 Å². The second-order valence-electron chi connectivity index (χ2n) is 12.3. The van der Waals surface area contributed by atoms with Crippen LogP contribution in [0.2, 0.25) is 0 Å². The predicted molar refractivity (Wildman–Crippen MR) is 204 cm³/mol. The van der Waals surface area contributed by atoms with Crippen LogP contribution in [0, 0.1) is 0 Å². The van der Waals surface area contributed by atoms with Crippen LogP contribution in [-0.4, -0.2) is 89.7 Å². The molecule has 0 bridgehead atoms. The Balaban J connectivity index is 0.000000936. The fourth-order valence-corrected chi connectivity index (χ4v) is 5.63. The smallest absolute Gasteiger partial charge is 1.00 e. The van der Waals surface area contributed by atoms with Gasteiger partial charge in [0.2, 0.25) is 11.8 Å². The van der Waals surface area contributed by atoms with Gasteiger partial charge in [-0.1, -0.05) is 48.0 Å². The Morgan fingerprint density at radius 3 is 1.77 bits per heavy atom. The number of fused-ring (bicyclic) bond motifs is 2. The second-order valence-corrected chi connectivity index (χ2v) is 12.5. The number of nitrogens with one attached hydrogen (secondary N) is 1. The fourth-order valence-electron chi connectivity index (χ4n) is 5.51. The number of imide groups is 2. The first-order valence-electron chi connectivity index (χ1n) is 17.8. The SMILES string of the molecule is CCCC(=O)OCCl.CCCC(=O)OCN1C(=O)CCC(n2nnc3cccc(N)c3c2=O)C1=O.Nc1cccc2nnn(C3CCC(=O)NC3=O)c(=O)c12.O=CO[O-].[Cs+].[Cs+].[H-]. The summed E-state index contributed by atoms with van der Waals surface area (Å²) in [7, 11) is 0. The molecule has 0 radical (unpaired) electrons. The zero-order valence-corrected chi connectivity index (χ0v) is 47.1. The molecule has 4 amide bonds. The number of hydrogen-bond donors (Lipinski definition) is 3. The van der Waals surface area contributed by atoms with Crippen LogP contribution in [0.5, 0.6) is 0 Å². The van der Waals surface area contributed by atoms with Gasteiger partial charge in [-0.05, 0) is 49.9 Å². The molecular weight excluding hydrogens is 1070 g/mol. The van der Waals surface area contributed by atoms with Crippen LogP contribution in [0.25, 0.3) is 21.8 Å². The van der Waals surface area contributed by atoms with Crippen molar-refractivity contribution >= 4 is 86.8 Å². The summed E-state index contributed by atoms with van der Waals surface area (Å²) in [4.78, 5) is 107. The summed E-state index contributed by atoms with van der Waals surface area (Å²) >= 11 is 5.09. The summed E-state index contributed by atoms with van der Waals surface area (Å²) < 4.78 is 11.3. The number of nitrogen functional groups attached to an aromatic ring is 2. The number of amides is 4. The van der Waals surface area contributed by atoms with E-state index in [2.05, 4.69) is 35.6 Å². The van der Waals surface area contributed by atoms with Crippen LogP contribution >= 0.6 is 11.6 Å². The Labute approximate surface area is 470 Å². The topological polar surface area (TPSA) is 333 Å². The predicted octanol–water partition coefficient (Wildman–Crippen LogP) is -6.20. The van der Waals surface area contributed by atoms with Crippen LogP contribution < -0.4 is 171 Å². The van der Waals surface area contributed by atoms with Crippen LogP contribution in [0.1, 0.15) is 78.7 Å². The molecule has 2 aliphatic heterocycles. The molecule has 4 heterocycles. The van der Waals surface area contributed by atoms with Crippen molar-refractivity contribution in [1.82, 2.24) is 40.2 Å². The Morgan fingerprint density at radius 2 is 1.31 bits per heavy atom. The monoisotopic (exact) mass is 1110 g/mol. The molecule has 2 aromatic carbocycles. The number of hydrogen-bond acceptors (Lipinski definition) is 19. The number of benzene rings is 2. The quantitative estimate of drug-likeness (QED) is 0.0253. The summed E-state index contributed by atoms with van der Waals surface area (Å²) in [6.45, 7) is 3.06. The number of ether oxygens (including phenoxy) is 2. The molecule has 2 atom stereocenters. The number of rotatable bonds is 10. The minimum absolute atomic E-state index is 0. The van der Waals surface area contributed by atoms with E-state index < -0.39 is 53.6 Å². The molecule has 2 aliphatic rings. The molecule has 26 heteroatoms. The van der Waals surface area contributed by atoms with Crippen LogP contribution in [0.3, 0.4) is 0 Å². The summed E-state index contributed by atoms with van der Waals surface area (Å²) in [5, 5.41) is 26.5. The number of aromatic nitrogens is 6. The van der Waals surface area contributed by atoms with E-state index in [1.54, 1.807) is 36.4 Å². The van der Waals surface area contributed by atoms with Crippen molar-refractivity contribution in [3.63, 3.8) is 0 Å². The van der Waals surface area contributed by atoms with Crippen LogP contribution in [0.4, 0.5) is 11.4 Å². The van der Waals surface area contributed by atoms with E-state index in [-0.39, 0.29) is 218 Å². The van der Waals surface area contributed by atoms with Gasteiger partial charge in [-0.15, -0.1) is 10.2 Å². The Bertz CT molecular complexity index is 2310. The zero-order valence-electron chi connectivity index (χ0n) is 34.7. The molecule has 5 N–H and O–H groups in total. The Kier molecular flexibility index (Phi) is 26.6. The van der Waals surface area contributed by atoms with E-state index in [0.29, 0.717) is 23.9 Å². The largest absolute Gasteiger partial charge is 1.00 e. The summed E-state index contributed by atoms with van der Waals surface area (Å²) in [6, 6.07) is 7.79. The van der Waals surface area contributed by atoms with E-state index in [1.807, 2.05) is 13.8 Å². The number of nitrogens with zero attached hydrogens (tertiary/aromatic N) is 7. The third kappa shape index (κ3) is 16.1. The van der Waals surface area contributed by atoms with Gasteiger partial charge in [0.1, 0.15) is 23.1 Å². The fraction of sp³-hybridized carbons (Fsp3) is 0.400. The molecule has 4 aromatic rings. The standard InChI is InChI=1S/C17H19N5O5.C12H11N5O3.C5H9ClO2.CH2O3.2Cs.H/c1-2-4-14(24)27-9-21-13(23)8-7-12(16(21)25)22-17(26)15-10(18)5-3-6-11(15)19-20-22;13-6-2-1-3-7-10(6)12(20)17(16-15-7)8-4-5-9(18)14-11(8)19;1-2-3-5(7)8-4-6;2-1-4-3;;;/h3,5-6,12H,2,4,7-9,18H2,1H3;1-3,8H,4-5,13H2,(H,14,18,19);2-4H2,1H3;1,3H;;;/q;;;;2*+1;-1/p-1. The molecule has 2 aromatic heterocycles.